The molecule has 0 fully saturated rings. The van der Waals surface area contributed by atoms with Crippen LogP contribution >= 0.6 is 0 Å². The average Bonchev–Trinajstić information content (AvgIpc) is 3.37. The molecule has 29 heteroatoms. The molecule has 0 bridgehead atoms. The van der Waals surface area contributed by atoms with Crippen molar-refractivity contribution in [1.82, 2.24) is 0 Å². The molecule has 0 saturated carbocycles. The monoisotopic (exact) mass is 1260 g/mol. The summed E-state index contributed by atoms with van der Waals surface area (Å²) in [6.45, 7) is 2.39. The quantitative estimate of drug-likeness (QED) is 0.0499. The lowest BCUT2D eigenvalue weighted by Gasteiger charge is -2.46. The smallest absolute Gasteiger partial charge is 0.416 e. The molecule has 0 radical (unpaired) electrons. The number of methoxy groups -OCH3 is 1. The van der Waals surface area contributed by atoms with Crippen molar-refractivity contribution in [2.45, 2.75) is 49.4 Å². The van der Waals surface area contributed by atoms with Gasteiger partial charge < -0.3 is 14.2 Å². The highest BCUT2D eigenvalue weighted by molar-refractivity contribution is 7.20. The first-order valence-corrected chi connectivity index (χ1v) is 23.7. The Hall–Kier alpha value is -5.85. The SMILES string of the molecule is COCCOCCOc1ccc([I+]c2ccccc2)cc1.FC(F)(F)c1cc([B-](c2cc(C(F)(F)F)cc(C(F)(F)F)c2)(c2cc(C(F)(F)F)cc(C(F)(F)F)c2)c2cc(C(F)(F)F)cc(C(F)(F)F)c2)cc(C(F)(F)F)c1. The summed E-state index contributed by atoms with van der Waals surface area (Å²) in [7, 11) is 1.67. The Morgan fingerprint density at radius 3 is 0.833 bits per heavy atom. The van der Waals surface area contributed by atoms with Crippen LogP contribution in [-0.2, 0) is 58.9 Å². The zero-order valence-corrected chi connectivity index (χ0v) is 40.9. The van der Waals surface area contributed by atoms with E-state index < -0.39 is 195 Å². The van der Waals surface area contributed by atoms with Crippen LogP contribution < -0.4 is 47.8 Å². The maximum Gasteiger partial charge on any atom is 0.416 e. The van der Waals surface area contributed by atoms with Gasteiger partial charge in [0.25, 0.3) is 0 Å². The molecule has 0 unspecified atom stereocenters. The van der Waals surface area contributed by atoms with Crippen molar-refractivity contribution in [3.05, 3.63) is 179 Å². The van der Waals surface area contributed by atoms with Crippen molar-refractivity contribution < 1.29 is 141 Å². The molecule has 0 aliphatic rings. The first kappa shape index (κ1) is 63.0. The maximum atomic E-state index is 14.2. The fourth-order valence-electron chi connectivity index (χ4n) is 7.73. The van der Waals surface area contributed by atoms with Crippen LogP contribution in [0, 0.1) is 7.14 Å². The summed E-state index contributed by atoms with van der Waals surface area (Å²) < 4.78 is 360. The van der Waals surface area contributed by atoms with E-state index in [9.17, 15) is 105 Å². The fourth-order valence-corrected chi connectivity index (χ4v) is 9.94. The van der Waals surface area contributed by atoms with E-state index in [0.29, 0.717) is 26.4 Å². The van der Waals surface area contributed by atoms with E-state index in [0.717, 1.165) is 5.75 Å². The van der Waals surface area contributed by atoms with Crippen LogP contribution in [0.15, 0.2) is 127 Å². The molecule has 6 rings (SSSR count). The van der Waals surface area contributed by atoms with E-state index in [2.05, 4.69) is 42.5 Å². The van der Waals surface area contributed by atoms with Gasteiger partial charge in [-0.15, -0.1) is 0 Å². The Morgan fingerprint density at radius 2 is 0.577 bits per heavy atom. The molecule has 78 heavy (non-hydrogen) atoms. The third-order valence-electron chi connectivity index (χ3n) is 11.1. The molecule has 0 aliphatic heterocycles. The van der Waals surface area contributed by atoms with Gasteiger partial charge in [-0.2, -0.15) is 127 Å². The summed E-state index contributed by atoms with van der Waals surface area (Å²) in [5, 5.41) is 0. The third-order valence-corrected chi connectivity index (χ3v) is 13.8. The van der Waals surface area contributed by atoms with Crippen LogP contribution in [0.3, 0.4) is 0 Å². The first-order valence-electron chi connectivity index (χ1n) is 21.5. The highest BCUT2D eigenvalue weighted by atomic mass is 127. The fraction of sp³-hybridized carbons (Fsp3) is 0.265. The minimum Gasteiger partial charge on any atom is -0.491 e. The Labute approximate surface area is 435 Å². The first-order chi connectivity index (χ1) is 35.6. The molecule has 0 aromatic heterocycles. The van der Waals surface area contributed by atoms with E-state index in [1.54, 1.807) is 7.11 Å². The van der Waals surface area contributed by atoms with Crippen LogP contribution in [-0.4, -0.2) is 39.7 Å². The second-order valence-corrected chi connectivity index (χ2v) is 19.6. The number of ether oxygens (including phenoxy) is 3. The van der Waals surface area contributed by atoms with E-state index in [1.165, 1.54) is 7.14 Å². The van der Waals surface area contributed by atoms with Gasteiger partial charge in [-0.1, -0.05) is 66.7 Å². The molecule has 0 amide bonds. The molecule has 0 heterocycles. The standard InChI is InChI=1S/C32H12BF24.C17H20IO3/c34-25(35,36)13-1-14(26(37,38)39)6-21(5-13)33(22-7-15(27(40,41)42)2-16(8-22)28(43,44)45,23-9-17(29(46,47)48)3-18(10-23)30(49,50)51)24-11-19(31(52,53)54)4-20(12-24)32(55,56)57;1-19-11-12-20-13-14-21-17-9-7-16(8-10-17)18-15-5-3-2-4-6-15/h1-12H;2-10H,11-14H2,1H3/q-1;+1. The molecule has 424 valence electrons. The Morgan fingerprint density at radius 1 is 0.321 bits per heavy atom. The highest BCUT2D eigenvalue weighted by Crippen LogP contribution is 2.41. The molecule has 6 aromatic carbocycles. The largest absolute Gasteiger partial charge is 0.491 e. The number of alkyl halides is 24. The molecule has 6 aromatic rings. The van der Waals surface area contributed by atoms with Crippen LogP contribution in [0.25, 0.3) is 0 Å². The molecule has 0 atom stereocenters. The molecule has 3 nitrogen and oxygen atoms in total. The highest BCUT2D eigenvalue weighted by Gasteiger charge is 2.47. The van der Waals surface area contributed by atoms with Crippen molar-refractivity contribution in [3.63, 3.8) is 0 Å². The lowest BCUT2D eigenvalue weighted by molar-refractivity contribution is -0.597. The zero-order chi connectivity index (χ0) is 58.7. The van der Waals surface area contributed by atoms with Gasteiger partial charge in [0.15, 0.2) is 7.14 Å². The number of rotatable bonds is 13. The minimum atomic E-state index is -6.13. The van der Waals surface area contributed by atoms with Gasteiger partial charge >= 0.3 is 70.6 Å². The van der Waals surface area contributed by atoms with Crippen molar-refractivity contribution >= 4 is 28.0 Å². The van der Waals surface area contributed by atoms with Crippen LogP contribution in [0.5, 0.6) is 5.75 Å². The van der Waals surface area contributed by atoms with Crippen molar-refractivity contribution in [3.8, 4) is 5.75 Å². The molecule has 0 saturated heterocycles. The lowest BCUT2D eigenvalue weighted by Crippen LogP contribution is -3.61. The summed E-state index contributed by atoms with van der Waals surface area (Å²) in [5.41, 5.74) is -30.2. The van der Waals surface area contributed by atoms with E-state index in [4.69, 9.17) is 14.2 Å². The number of halogens is 25. The normalized spacial score (nSPS) is 13.3. The van der Waals surface area contributed by atoms with Crippen molar-refractivity contribution in [2.75, 3.05) is 33.5 Å². The van der Waals surface area contributed by atoms with Crippen molar-refractivity contribution in [2.24, 2.45) is 0 Å². The summed E-state index contributed by atoms with van der Waals surface area (Å²) in [5.74, 6) is 0.895. The Balaban J connectivity index is 0.000000443. The van der Waals surface area contributed by atoms with Gasteiger partial charge in [0.1, 0.15) is 18.5 Å². The second kappa shape index (κ2) is 23.5. The lowest BCUT2D eigenvalue weighted by atomic mass is 9.12. The topological polar surface area (TPSA) is 27.7 Å². The van der Waals surface area contributed by atoms with Gasteiger partial charge in [-0.05, 0) is 60.7 Å². The van der Waals surface area contributed by atoms with Gasteiger partial charge in [0, 0.05) is 7.11 Å². The molecule has 0 spiro atoms. The zero-order valence-electron chi connectivity index (χ0n) is 38.7. The summed E-state index contributed by atoms with van der Waals surface area (Å²) in [4.78, 5) is 0. The third kappa shape index (κ3) is 16.1. The summed E-state index contributed by atoms with van der Waals surface area (Å²) in [6, 6.07) is 10.2. The van der Waals surface area contributed by atoms with Crippen LogP contribution in [0.4, 0.5) is 105 Å². The van der Waals surface area contributed by atoms with Gasteiger partial charge in [0.05, 0.1) is 64.3 Å². The summed E-state index contributed by atoms with van der Waals surface area (Å²) >= 11 is -0.102. The van der Waals surface area contributed by atoms with Crippen LogP contribution in [0.1, 0.15) is 44.5 Å². The molecular formula is C49H32BF24IO3. The minimum absolute atomic E-state index is 0.102. The maximum absolute atomic E-state index is 14.2. The van der Waals surface area contributed by atoms with Crippen molar-refractivity contribution in [1.29, 1.82) is 0 Å². The van der Waals surface area contributed by atoms with E-state index in [1.807, 2.05) is 12.1 Å². The van der Waals surface area contributed by atoms with E-state index >= 15 is 0 Å². The predicted octanol–water partition coefficient (Wildman–Crippen LogP) is 11.1. The Bertz CT molecular complexity index is 2540. The van der Waals surface area contributed by atoms with Gasteiger partial charge in [-0.3, -0.25) is 0 Å². The second-order valence-electron chi connectivity index (χ2n) is 16.5. The molecular weight excluding hydrogens is 1230 g/mol. The predicted molar refractivity (Wildman–Crippen MR) is 229 cm³/mol. The van der Waals surface area contributed by atoms with Gasteiger partial charge in [0.2, 0.25) is 0 Å². The summed E-state index contributed by atoms with van der Waals surface area (Å²) in [6.07, 6.45) is -54.8. The molecule has 0 aliphatic carbocycles. The number of benzene rings is 6. The van der Waals surface area contributed by atoms with Crippen LogP contribution in [0.2, 0.25) is 0 Å². The van der Waals surface area contributed by atoms with Gasteiger partial charge in [-0.25, -0.2) is 0 Å². The number of hydrogen-bond donors (Lipinski definition) is 0. The Kier molecular flexibility index (Phi) is 19.0. The molecule has 0 N–H and O–H groups in total. The van der Waals surface area contributed by atoms with E-state index in [-0.39, 0.29) is 21.2 Å². The number of hydrogen-bond acceptors (Lipinski definition) is 3. The average molecular weight is 1260 g/mol.